The summed E-state index contributed by atoms with van der Waals surface area (Å²) in [6, 6.07) is -2.71. The van der Waals surface area contributed by atoms with Crippen LogP contribution in [-0.2, 0) is 28.7 Å². The highest BCUT2D eigenvalue weighted by atomic mass is 16.5. The van der Waals surface area contributed by atoms with Crippen LogP contribution in [0.5, 0.6) is 0 Å². The molecule has 5 atom stereocenters. The van der Waals surface area contributed by atoms with Gasteiger partial charge in [-0.3, -0.25) is 19.2 Å². The molecule has 5 N–H and O–H groups in total. The Balaban J connectivity index is 1.97. The zero-order valence-corrected chi connectivity index (χ0v) is 16.4. The highest BCUT2D eigenvalue weighted by Crippen LogP contribution is 2.30. The second-order valence-electron chi connectivity index (χ2n) is 7.58. The molecule has 11 nitrogen and oxygen atoms in total. The number of nitrogens with one attached hydrogen (secondary N) is 3. The summed E-state index contributed by atoms with van der Waals surface area (Å²) >= 11 is 0. The number of fused-ring (bicyclic) bond motifs is 1. The Morgan fingerprint density at radius 1 is 1.21 bits per heavy atom. The molecule has 0 bridgehead atoms. The second-order valence-corrected chi connectivity index (χ2v) is 7.58. The van der Waals surface area contributed by atoms with Crippen LogP contribution in [0.3, 0.4) is 0 Å². The van der Waals surface area contributed by atoms with Gasteiger partial charge < -0.3 is 30.9 Å². The van der Waals surface area contributed by atoms with E-state index in [9.17, 15) is 24.0 Å². The molecule has 0 aromatic rings. The fourth-order valence-electron chi connectivity index (χ4n) is 3.44. The van der Waals surface area contributed by atoms with Gasteiger partial charge in [-0.1, -0.05) is 12.8 Å². The third-order valence-corrected chi connectivity index (χ3v) is 5.28. The molecule has 2 aliphatic rings. The van der Waals surface area contributed by atoms with Gasteiger partial charge in [-0.05, 0) is 33.1 Å². The van der Waals surface area contributed by atoms with Gasteiger partial charge in [0.05, 0.1) is 12.1 Å². The van der Waals surface area contributed by atoms with Crippen molar-refractivity contribution in [2.75, 3.05) is 0 Å². The van der Waals surface area contributed by atoms with Crippen molar-refractivity contribution in [3.63, 3.8) is 0 Å². The summed E-state index contributed by atoms with van der Waals surface area (Å²) in [6.07, 6.45) is 2.37. The molecule has 1 aliphatic heterocycles. The van der Waals surface area contributed by atoms with Gasteiger partial charge in [-0.2, -0.15) is 0 Å². The highest BCUT2D eigenvalue weighted by molar-refractivity contribution is 6.09. The lowest BCUT2D eigenvalue weighted by atomic mass is 9.88. The van der Waals surface area contributed by atoms with Crippen LogP contribution in [0.15, 0.2) is 0 Å². The number of morpholine rings is 1. The van der Waals surface area contributed by atoms with Crippen molar-refractivity contribution in [2.45, 2.75) is 82.2 Å². The van der Waals surface area contributed by atoms with Crippen molar-refractivity contribution in [1.29, 1.82) is 0 Å². The van der Waals surface area contributed by atoms with Gasteiger partial charge in [-0.25, -0.2) is 4.79 Å². The minimum atomic E-state index is -1.80. The molecule has 0 aromatic carbocycles. The van der Waals surface area contributed by atoms with E-state index in [1.165, 1.54) is 13.8 Å². The first-order valence-electron chi connectivity index (χ1n) is 9.59. The monoisotopic (exact) mass is 413 g/mol. The van der Waals surface area contributed by atoms with Gasteiger partial charge in [0.25, 0.3) is 11.8 Å². The van der Waals surface area contributed by atoms with Crippen LogP contribution in [-0.4, -0.2) is 69.7 Å². The van der Waals surface area contributed by atoms with Crippen molar-refractivity contribution in [2.24, 2.45) is 0 Å². The molecule has 0 aromatic heterocycles. The maximum atomic E-state index is 12.7. The lowest BCUT2D eigenvalue weighted by Gasteiger charge is -2.43. The molecular weight excluding hydrogens is 386 g/mol. The molecule has 0 spiro atoms. The molecule has 1 aliphatic carbocycles. The number of amides is 3. The molecule has 1 saturated carbocycles. The number of ether oxygens (including phenoxy) is 1. The number of carbonyl (C=O) groups excluding carboxylic acids is 3. The summed E-state index contributed by atoms with van der Waals surface area (Å²) < 4.78 is 5.80. The van der Waals surface area contributed by atoms with Crippen LogP contribution in [0.4, 0.5) is 0 Å². The van der Waals surface area contributed by atoms with Crippen LogP contribution in [0.25, 0.3) is 0 Å². The Morgan fingerprint density at radius 2 is 1.86 bits per heavy atom. The van der Waals surface area contributed by atoms with Crippen molar-refractivity contribution in [3.05, 3.63) is 0 Å². The predicted molar refractivity (Wildman–Crippen MR) is 97.7 cm³/mol. The molecule has 0 radical (unpaired) electrons. The summed E-state index contributed by atoms with van der Waals surface area (Å²) in [7, 11) is 0. The number of aliphatic carboxylic acids is 2. The second kappa shape index (κ2) is 9.21. The number of carboxylic acids is 2. The van der Waals surface area contributed by atoms with E-state index in [4.69, 9.17) is 14.9 Å². The first-order valence-corrected chi connectivity index (χ1v) is 9.59. The van der Waals surface area contributed by atoms with Crippen LogP contribution in [0.2, 0.25) is 0 Å². The Labute approximate surface area is 167 Å². The van der Waals surface area contributed by atoms with Crippen molar-refractivity contribution in [3.8, 4) is 0 Å². The summed E-state index contributed by atoms with van der Waals surface area (Å²) in [5, 5.41) is 25.2. The summed E-state index contributed by atoms with van der Waals surface area (Å²) in [5.41, 5.74) is -1.80. The molecule has 2 fully saturated rings. The third-order valence-electron chi connectivity index (χ3n) is 5.28. The molecule has 11 heteroatoms. The first-order chi connectivity index (χ1) is 13.5. The van der Waals surface area contributed by atoms with E-state index >= 15 is 0 Å². The van der Waals surface area contributed by atoms with E-state index < -0.39 is 53.8 Å². The molecular formula is C18H27N3O8. The lowest BCUT2D eigenvalue weighted by molar-refractivity contribution is -0.182. The van der Waals surface area contributed by atoms with E-state index in [0.717, 1.165) is 19.3 Å². The smallest absolute Gasteiger partial charge is 0.326 e. The van der Waals surface area contributed by atoms with E-state index in [1.54, 1.807) is 0 Å². The van der Waals surface area contributed by atoms with Gasteiger partial charge in [0, 0.05) is 6.42 Å². The van der Waals surface area contributed by atoms with E-state index in [-0.39, 0.29) is 18.6 Å². The minimum Gasteiger partial charge on any atom is -0.481 e. The summed E-state index contributed by atoms with van der Waals surface area (Å²) in [6.45, 7) is 2.66. The summed E-state index contributed by atoms with van der Waals surface area (Å²) in [5.74, 6) is -4.79. The minimum absolute atomic E-state index is 0.136. The van der Waals surface area contributed by atoms with E-state index in [0.29, 0.717) is 6.42 Å². The number of carbonyl (C=O) groups is 5. The first kappa shape index (κ1) is 22.6. The van der Waals surface area contributed by atoms with E-state index in [1.807, 2.05) is 0 Å². The Morgan fingerprint density at radius 3 is 2.48 bits per heavy atom. The molecule has 1 heterocycles. The van der Waals surface area contributed by atoms with Crippen molar-refractivity contribution < 1.29 is 38.9 Å². The Hall–Kier alpha value is -2.69. The molecule has 162 valence electrons. The average Bonchev–Trinajstić information content (AvgIpc) is 2.65. The molecule has 1 saturated heterocycles. The third kappa shape index (κ3) is 5.43. The lowest BCUT2D eigenvalue weighted by Crippen LogP contribution is -2.68. The quantitative estimate of drug-likeness (QED) is 0.320. The number of carboxylic acid groups (broad SMARTS) is 2. The topological polar surface area (TPSA) is 171 Å². The predicted octanol–water partition coefficient (Wildman–Crippen LogP) is -0.858. The van der Waals surface area contributed by atoms with Crippen molar-refractivity contribution in [1.82, 2.24) is 16.0 Å². The van der Waals surface area contributed by atoms with Gasteiger partial charge in [-0.15, -0.1) is 0 Å². The Kier molecular flexibility index (Phi) is 7.17. The number of hydrogen-bond acceptors (Lipinski definition) is 6. The van der Waals surface area contributed by atoms with Crippen LogP contribution < -0.4 is 16.0 Å². The van der Waals surface area contributed by atoms with Crippen LogP contribution >= 0.6 is 0 Å². The molecule has 29 heavy (non-hydrogen) atoms. The van der Waals surface area contributed by atoms with Crippen molar-refractivity contribution >= 4 is 29.7 Å². The standard InChI is InChI=1S/C18H27N3O8/c1-9(14(24)20-11(15(25)26)7-8-13(22)23)19-16(27)18(2)17(28)21-10-5-3-4-6-12(10)29-18/h9-12H,3-8H2,1-2H3,(H,19,27)(H,20,24)(H,21,28)(H,22,23)(H,25,26)/t9-,10+,11+,12?,18+/m0/s1. The maximum absolute atomic E-state index is 12.7. The fraction of sp³-hybridized carbons (Fsp3) is 0.722. The molecule has 3 amide bonds. The van der Waals surface area contributed by atoms with Gasteiger partial charge in [0.1, 0.15) is 12.1 Å². The zero-order chi connectivity index (χ0) is 21.8. The highest BCUT2D eigenvalue weighted by Gasteiger charge is 2.51. The largest absolute Gasteiger partial charge is 0.481 e. The molecule has 1 unspecified atom stereocenters. The van der Waals surface area contributed by atoms with Gasteiger partial charge in [0.2, 0.25) is 11.5 Å². The van der Waals surface area contributed by atoms with Gasteiger partial charge in [0.15, 0.2) is 0 Å². The average molecular weight is 413 g/mol. The zero-order valence-electron chi connectivity index (χ0n) is 16.4. The SMILES string of the molecule is C[C@H](NC(=O)[C@@]1(C)OC2CCCC[C@H]2NC1=O)C(=O)N[C@H](CCC(=O)O)C(=O)O. The normalized spacial score (nSPS) is 28.3. The number of rotatable bonds is 8. The number of hydrogen-bond donors (Lipinski definition) is 5. The van der Waals surface area contributed by atoms with Gasteiger partial charge >= 0.3 is 11.9 Å². The fourth-order valence-corrected chi connectivity index (χ4v) is 3.44. The van der Waals surface area contributed by atoms with E-state index in [2.05, 4.69) is 16.0 Å². The Bertz CT molecular complexity index is 697. The van der Waals surface area contributed by atoms with Crippen LogP contribution in [0.1, 0.15) is 52.4 Å². The summed E-state index contributed by atoms with van der Waals surface area (Å²) in [4.78, 5) is 59.2. The van der Waals surface area contributed by atoms with Crippen LogP contribution in [0, 0.1) is 0 Å². The molecule has 2 rings (SSSR count). The maximum Gasteiger partial charge on any atom is 0.326 e.